The molecule has 114 valence electrons. The van der Waals surface area contributed by atoms with E-state index >= 15 is 0 Å². The van der Waals surface area contributed by atoms with Gasteiger partial charge < -0.3 is 5.11 Å². The van der Waals surface area contributed by atoms with Crippen molar-refractivity contribution in [2.45, 2.75) is 55.8 Å². The highest BCUT2D eigenvalue weighted by Gasteiger charge is 2.29. The van der Waals surface area contributed by atoms with Crippen molar-refractivity contribution in [3.8, 4) is 0 Å². The standard InChI is InChI=1S/C16H19ClO3S/c1-9(18)13(16(19)20)12-8-7-11(14(17)15(12)21)10-5-3-2-4-6-10/h7-8,10,13,21H,2-6H2,1H3,(H,19,20). The highest BCUT2D eigenvalue weighted by Crippen LogP contribution is 2.41. The van der Waals surface area contributed by atoms with Crippen LogP contribution in [0.25, 0.3) is 0 Å². The molecular weight excluding hydrogens is 308 g/mol. The largest absolute Gasteiger partial charge is 0.480 e. The first kappa shape index (κ1) is 16.4. The van der Waals surface area contributed by atoms with Crippen LogP contribution in [0.1, 0.15) is 62.0 Å². The monoisotopic (exact) mass is 326 g/mol. The van der Waals surface area contributed by atoms with Crippen LogP contribution >= 0.6 is 24.2 Å². The van der Waals surface area contributed by atoms with E-state index in [0.717, 1.165) is 18.4 Å². The summed E-state index contributed by atoms with van der Waals surface area (Å²) in [6.07, 6.45) is 5.83. The summed E-state index contributed by atoms with van der Waals surface area (Å²) in [5.74, 6) is -2.37. The van der Waals surface area contributed by atoms with Crippen LogP contribution in [0.2, 0.25) is 5.02 Å². The first-order valence-corrected chi connectivity index (χ1v) is 8.00. The third-order valence-corrected chi connectivity index (χ3v) is 5.21. The number of hydrogen-bond donors (Lipinski definition) is 2. The zero-order chi connectivity index (χ0) is 15.6. The van der Waals surface area contributed by atoms with Crippen molar-refractivity contribution in [3.63, 3.8) is 0 Å². The van der Waals surface area contributed by atoms with Gasteiger partial charge in [-0.2, -0.15) is 0 Å². The van der Waals surface area contributed by atoms with Gasteiger partial charge in [0.25, 0.3) is 0 Å². The van der Waals surface area contributed by atoms with Crippen molar-refractivity contribution in [2.75, 3.05) is 0 Å². The van der Waals surface area contributed by atoms with Crippen LogP contribution in [0.5, 0.6) is 0 Å². The van der Waals surface area contributed by atoms with Gasteiger partial charge in [0.05, 0.1) is 5.02 Å². The van der Waals surface area contributed by atoms with Crippen LogP contribution in [0.3, 0.4) is 0 Å². The van der Waals surface area contributed by atoms with Gasteiger partial charge in [-0.15, -0.1) is 12.6 Å². The lowest BCUT2D eigenvalue weighted by Gasteiger charge is -2.24. The average Bonchev–Trinajstić information content (AvgIpc) is 2.44. The number of carbonyl (C=O) groups excluding carboxylic acids is 1. The Hall–Kier alpha value is -1.000. The van der Waals surface area contributed by atoms with E-state index < -0.39 is 17.7 Å². The Morgan fingerprint density at radius 3 is 2.43 bits per heavy atom. The van der Waals surface area contributed by atoms with Crippen LogP contribution in [0.15, 0.2) is 17.0 Å². The number of carboxylic acid groups (broad SMARTS) is 1. The number of hydrogen-bond acceptors (Lipinski definition) is 3. The Morgan fingerprint density at radius 2 is 1.90 bits per heavy atom. The highest BCUT2D eigenvalue weighted by atomic mass is 35.5. The number of benzene rings is 1. The number of Topliss-reactive ketones (excluding diaryl/α,β-unsaturated/α-hetero) is 1. The second kappa shape index (κ2) is 6.84. The normalized spacial score (nSPS) is 17.5. The summed E-state index contributed by atoms with van der Waals surface area (Å²) in [6, 6.07) is 3.56. The van der Waals surface area contributed by atoms with Crippen LogP contribution in [0, 0.1) is 0 Å². The van der Waals surface area contributed by atoms with Crippen LogP contribution in [-0.2, 0) is 9.59 Å². The molecule has 1 unspecified atom stereocenters. The van der Waals surface area contributed by atoms with E-state index in [2.05, 4.69) is 12.6 Å². The SMILES string of the molecule is CC(=O)C(C(=O)O)c1ccc(C2CCCCC2)c(Cl)c1S. The molecule has 0 amide bonds. The molecule has 21 heavy (non-hydrogen) atoms. The summed E-state index contributed by atoms with van der Waals surface area (Å²) in [4.78, 5) is 23.3. The van der Waals surface area contributed by atoms with E-state index in [1.54, 1.807) is 6.07 Å². The molecule has 1 saturated carbocycles. The molecule has 0 heterocycles. The lowest BCUT2D eigenvalue weighted by atomic mass is 9.83. The molecule has 1 N–H and O–H groups in total. The predicted octanol–water partition coefficient (Wildman–Crippen LogP) is 4.43. The van der Waals surface area contributed by atoms with Gasteiger partial charge in [0.2, 0.25) is 0 Å². The van der Waals surface area contributed by atoms with E-state index in [1.165, 1.54) is 26.2 Å². The molecule has 0 aromatic heterocycles. The van der Waals surface area contributed by atoms with E-state index in [9.17, 15) is 14.7 Å². The summed E-state index contributed by atoms with van der Waals surface area (Å²) in [5, 5.41) is 9.73. The van der Waals surface area contributed by atoms with Gasteiger partial charge in [0.1, 0.15) is 11.7 Å². The van der Waals surface area contributed by atoms with Crippen LogP contribution in [-0.4, -0.2) is 16.9 Å². The van der Waals surface area contributed by atoms with Crippen molar-refractivity contribution in [2.24, 2.45) is 0 Å². The minimum Gasteiger partial charge on any atom is -0.480 e. The molecule has 1 atom stereocenters. The molecule has 1 aliphatic rings. The molecule has 3 nitrogen and oxygen atoms in total. The van der Waals surface area contributed by atoms with Crippen LogP contribution in [0.4, 0.5) is 0 Å². The molecule has 0 saturated heterocycles. The minimum absolute atomic E-state index is 0.378. The smallest absolute Gasteiger partial charge is 0.318 e. The van der Waals surface area contributed by atoms with E-state index in [0.29, 0.717) is 21.4 Å². The number of rotatable bonds is 4. The van der Waals surface area contributed by atoms with Gasteiger partial charge in [0, 0.05) is 4.90 Å². The third-order valence-electron chi connectivity index (χ3n) is 4.19. The molecule has 2 rings (SSSR count). The fourth-order valence-corrected chi connectivity index (χ4v) is 3.74. The summed E-state index contributed by atoms with van der Waals surface area (Å²) in [7, 11) is 0. The summed E-state index contributed by atoms with van der Waals surface area (Å²) < 4.78 is 0. The number of carboxylic acids is 1. The fourth-order valence-electron chi connectivity index (χ4n) is 3.08. The Morgan fingerprint density at radius 1 is 1.29 bits per heavy atom. The van der Waals surface area contributed by atoms with Gasteiger partial charge in [-0.3, -0.25) is 9.59 Å². The van der Waals surface area contributed by atoms with Crippen molar-refractivity contribution in [1.82, 2.24) is 0 Å². The summed E-state index contributed by atoms with van der Waals surface area (Å²) in [5.41, 5.74) is 1.40. The molecule has 0 spiro atoms. The highest BCUT2D eigenvalue weighted by molar-refractivity contribution is 7.80. The molecule has 1 aromatic carbocycles. The Bertz CT molecular complexity index is 551. The third kappa shape index (κ3) is 3.43. The van der Waals surface area contributed by atoms with Gasteiger partial charge in [-0.25, -0.2) is 0 Å². The van der Waals surface area contributed by atoms with Crippen molar-refractivity contribution >= 4 is 36.0 Å². The van der Waals surface area contributed by atoms with Crippen molar-refractivity contribution < 1.29 is 14.7 Å². The second-order valence-corrected chi connectivity index (χ2v) is 6.45. The number of thiol groups is 1. The summed E-state index contributed by atoms with van der Waals surface area (Å²) in [6.45, 7) is 1.27. The maximum atomic E-state index is 11.6. The maximum absolute atomic E-state index is 11.6. The molecule has 1 aliphatic carbocycles. The Kier molecular flexibility index (Phi) is 5.33. The minimum atomic E-state index is -1.20. The Labute approximate surface area is 135 Å². The first-order chi connectivity index (χ1) is 9.93. The Balaban J connectivity index is 2.41. The first-order valence-electron chi connectivity index (χ1n) is 7.18. The molecule has 5 heteroatoms. The van der Waals surface area contributed by atoms with Gasteiger partial charge in [0.15, 0.2) is 0 Å². The van der Waals surface area contributed by atoms with Gasteiger partial charge >= 0.3 is 5.97 Å². The van der Waals surface area contributed by atoms with Crippen LogP contribution < -0.4 is 0 Å². The lowest BCUT2D eigenvalue weighted by Crippen LogP contribution is -2.20. The van der Waals surface area contributed by atoms with E-state index in [-0.39, 0.29) is 0 Å². The van der Waals surface area contributed by atoms with Crippen molar-refractivity contribution in [1.29, 1.82) is 0 Å². The zero-order valence-electron chi connectivity index (χ0n) is 11.9. The molecule has 0 bridgehead atoms. The number of carbonyl (C=O) groups is 2. The molecular formula is C16H19ClO3S. The number of halogens is 1. The average molecular weight is 327 g/mol. The van der Waals surface area contributed by atoms with Crippen molar-refractivity contribution in [3.05, 3.63) is 28.3 Å². The molecule has 0 aliphatic heterocycles. The lowest BCUT2D eigenvalue weighted by molar-refractivity contribution is -0.142. The van der Waals surface area contributed by atoms with Gasteiger partial charge in [-0.1, -0.05) is 43.0 Å². The zero-order valence-corrected chi connectivity index (χ0v) is 13.6. The fraction of sp³-hybridized carbons (Fsp3) is 0.500. The predicted molar refractivity (Wildman–Crippen MR) is 85.6 cm³/mol. The molecule has 0 radical (unpaired) electrons. The second-order valence-electron chi connectivity index (χ2n) is 5.62. The topological polar surface area (TPSA) is 54.4 Å². The molecule has 1 aromatic rings. The molecule has 1 fully saturated rings. The number of aliphatic carboxylic acids is 1. The number of ketones is 1. The van der Waals surface area contributed by atoms with E-state index in [1.807, 2.05) is 6.07 Å². The maximum Gasteiger partial charge on any atom is 0.318 e. The summed E-state index contributed by atoms with van der Waals surface area (Å²) >= 11 is 10.8. The quantitative estimate of drug-likeness (QED) is 0.635. The van der Waals surface area contributed by atoms with Gasteiger partial charge in [-0.05, 0) is 36.8 Å². The van der Waals surface area contributed by atoms with E-state index in [4.69, 9.17) is 11.6 Å².